The lowest BCUT2D eigenvalue weighted by molar-refractivity contribution is 0.0895. The van der Waals surface area contributed by atoms with E-state index in [2.05, 4.69) is 64.9 Å². The van der Waals surface area contributed by atoms with Gasteiger partial charge in [-0.3, -0.25) is 9.80 Å². The fourth-order valence-electron chi connectivity index (χ4n) is 3.30. The van der Waals surface area contributed by atoms with Crippen molar-refractivity contribution in [2.24, 2.45) is 0 Å². The van der Waals surface area contributed by atoms with Crippen molar-refractivity contribution in [1.82, 2.24) is 19.8 Å². The third-order valence-electron chi connectivity index (χ3n) is 4.59. The summed E-state index contributed by atoms with van der Waals surface area (Å²) in [6.45, 7) is 10.0. The molecule has 1 fully saturated rings. The first-order valence-electron chi connectivity index (χ1n) is 8.99. The number of piperazine rings is 1. The van der Waals surface area contributed by atoms with Gasteiger partial charge < -0.3 is 4.74 Å². The van der Waals surface area contributed by atoms with Gasteiger partial charge in [-0.25, -0.2) is 9.97 Å². The third kappa shape index (κ3) is 4.77. The summed E-state index contributed by atoms with van der Waals surface area (Å²) < 4.78 is 5.76. The molecule has 0 aliphatic carbocycles. The number of hydrogen-bond acceptors (Lipinski definition) is 5. The quantitative estimate of drug-likeness (QED) is 0.837. The molecule has 1 unspecified atom stereocenters. The Morgan fingerprint density at radius 2 is 1.92 bits per heavy atom. The van der Waals surface area contributed by atoms with Gasteiger partial charge in [-0.1, -0.05) is 12.1 Å². The van der Waals surface area contributed by atoms with Gasteiger partial charge in [0.25, 0.3) is 0 Å². The second-order valence-electron chi connectivity index (χ2n) is 7.06. The summed E-state index contributed by atoms with van der Waals surface area (Å²) in [5.74, 6) is 1.77. The molecule has 2 aromatic rings. The van der Waals surface area contributed by atoms with Gasteiger partial charge in [0.05, 0.1) is 11.8 Å². The van der Waals surface area contributed by atoms with Crippen LogP contribution in [0.4, 0.5) is 0 Å². The van der Waals surface area contributed by atoms with Gasteiger partial charge in [0.2, 0.25) is 0 Å². The second kappa shape index (κ2) is 7.93. The van der Waals surface area contributed by atoms with Gasteiger partial charge >= 0.3 is 0 Å². The molecule has 5 nitrogen and oxygen atoms in total. The average molecular weight is 340 g/mol. The van der Waals surface area contributed by atoms with E-state index in [0.29, 0.717) is 6.04 Å². The van der Waals surface area contributed by atoms with Crippen LogP contribution in [-0.2, 0) is 6.54 Å². The van der Waals surface area contributed by atoms with Crippen molar-refractivity contribution in [1.29, 1.82) is 0 Å². The zero-order valence-electron chi connectivity index (χ0n) is 15.6. The number of ether oxygens (including phenoxy) is 1. The van der Waals surface area contributed by atoms with E-state index in [1.807, 2.05) is 19.2 Å². The largest absolute Gasteiger partial charge is 0.491 e. The smallest absolute Gasteiger partial charge is 0.125 e. The molecule has 5 heteroatoms. The molecule has 134 valence electrons. The minimum absolute atomic E-state index is 0.204. The van der Waals surface area contributed by atoms with Crippen LogP contribution in [0.2, 0.25) is 0 Å². The number of rotatable bonds is 5. The predicted molar refractivity (Wildman–Crippen MR) is 99.6 cm³/mol. The molecule has 0 N–H and O–H groups in total. The van der Waals surface area contributed by atoms with Crippen LogP contribution < -0.4 is 4.74 Å². The van der Waals surface area contributed by atoms with E-state index in [-0.39, 0.29) is 6.10 Å². The van der Waals surface area contributed by atoms with Crippen LogP contribution in [-0.4, -0.2) is 52.6 Å². The lowest BCUT2D eigenvalue weighted by Gasteiger charge is -2.39. The molecule has 1 aliphatic rings. The summed E-state index contributed by atoms with van der Waals surface area (Å²) in [6, 6.07) is 10.9. The number of nitrogens with zero attached hydrogens (tertiary/aromatic N) is 4. The zero-order valence-corrected chi connectivity index (χ0v) is 15.6. The number of aryl methyl sites for hydroxylation is 1. The molecule has 3 rings (SSSR count). The van der Waals surface area contributed by atoms with Gasteiger partial charge in [-0.05, 0) is 51.6 Å². The molecule has 0 bridgehead atoms. The van der Waals surface area contributed by atoms with E-state index in [0.717, 1.165) is 43.4 Å². The lowest BCUT2D eigenvalue weighted by Crippen LogP contribution is -2.46. The second-order valence-corrected chi connectivity index (χ2v) is 7.06. The van der Waals surface area contributed by atoms with Crippen LogP contribution in [0.3, 0.4) is 0 Å². The fraction of sp³-hybridized carbons (Fsp3) is 0.500. The van der Waals surface area contributed by atoms with E-state index in [1.54, 1.807) is 0 Å². The van der Waals surface area contributed by atoms with Crippen LogP contribution in [0.5, 0.6) is 5.75 Å². The molecular formula is C20H28N4O. The molecule has 0 saturated carbocycles. The van der Waals surface area contributed by atoms with E-state index in [1.165, 1.54) is 5.56 Å². The van der Waals surface area contributed by atoms with Crippen molar-refractivity contribution >= 4 is 0 Å². The standard InChI is InChI=1S/C20H28N4O/c1-15(2)25-19-7-5-17(6-8-19)20-14-24(12-11-23(20)4)13-18-9-10-21-16(3)22-18/h5-10,15,20H,11-14H2,1-4H3. The summed E-state index contributed by atoms with van der Waals surface area (Å²) >= 11 is 0. The van der Waals surface area contributed by atoms with Gasteiger partial charge in [0, 0.05) is 38.4 Å². The predicted octanol–water partition coefficient (Wildman–Crippen LogP) is 3.06. The summed E-state index contributed by atoms with van der Waals surface area (Å²) in [6.07, 6.45) is 2.05. The molecule has 1 aromatic heterocycles. The van der Waals surface area contributed by atoms with Crippen molar-refractivity contribution in [3.8, 4) is 5.75 Å². The van der Waals surface area contributed by atoms with Crippen LogP contribution in [0, 0.1) is 6.92 Å². The van der Waals surface area contributed by atoms with Gasteiger partial charge in [0.15, 0.2) is 0 Å². The molecule has 0 amide bonds. The first kappa shape index (κ1) is 17.8. The Morgan fingerprint density at radius 3 is 2.60 bits per heavy atom. The topological polar surface area (TPSA) is 41.5 Å². The first-order valence-corrected chi connectivity index (χ1v) is 8.99. The van der Waals surface area contributed by atoms with Crippen molar-refractivity contribution in [2.75, 3.05) is 26.7 Å². The number of benzene rings is 1. The van der Waals surface area contributed by atoms with Crippen LogP contribution in [0.15, 0.2) is 36.5 Å². The van der Waals surface area contributed by atoms with E-state index >= 15 is 0 Å². The normalized spacial score (nSPS) is 19.3. The summed E-state index contributed by atoms with van der Waals surface area (Å²) in [5, 5.41) is 0. The fourth-order valence-corrected chi connectivity index (χ4v) is 3.30. The van der Waals surface area contributed by atoms with E-state index in [9.17, 15) is 0 Å². The molecule has 1 saturated heterocycles. The summed E-state index contributed by atoms with van der Waals surface area (Å²) in [7, 11) is 2.20. The highest BCUT2D eigenvalue weighted by atomic mass is 16.5. The van der Waals surface area contributed by atoms with E-state index < -0.39 is 0 Å². The van der Waals surface area contributed by atoms with Crippen LogP contribution in [0.1, 0.15) is 37.0 Å². The number of aromatic nitrogens is 2. The zero-order chi connectivity index (χ0) is 17.8. The number of hydrogen-bond donors (Lipinski definition) is 0. The maximum Gasteiger partial charge on any atom is 0.125 e. The molecule has 1 aliphatic heterocycles. The first-order chi connectivity index (χ1) is 12.0. The highest BCUT2D eigenvalue weighted by Crippen LogP contribution is 2.26. The highest BCUT2D eigenvalue weighted by Gasteiger charge is 2.26. The minimum atomic E-state index is 0.204. The number of likely N-dealkylation sites (N-methyl/N-ethyl adjacent to an activating group) is 1. The van der Waals surface area contributed by atoms with Crippen molar-refractivity contribution < 1.29 is 4.74 Å². The van der Waals surface area contributed by atoms with Gasteiger partial charge in [-0.15, -0.1) is 0 Å². The Labute approximate surface area is 150 Å². The Bertz CT molecular complexity index is 686. The molecule has 2 heterocycles. The molecule has 0 radical (unpaired) electrons. The van der Waals surface area contributed by atoms with Crippen molar-refractivity contribution in [2.45, 2.75) is 39.5 Å². The van der Waals surface area contributed by atoms with Crippen molar-refractivity contribution in [3.05, 3.63) is 53.6 Å². The maximum atomic E-state index is 5.76. The van der Waals surface area contributed by atoms with Crippen LogP contribution >= 0.6 is 0 Å². The van der Waals surface area contributed by atoms with Gasteiger partial charge in [0.1, 0.15) is 11.6 Å². The summed E-state index contributed by atoms with van der Waals surface area (Å²) in [4.78, 5) is 13.6. The molecule has 0 spiro atoms. The molecule has 25 heavy (non-hydrogen) atoms. The van der Waals surface area contributed by atoms with Gasteiger partial charge in [-0.2, -0.15) is 0 Å². The maximum absolute atomic E-state index is 5.76. The van der Waals surface area contributed by atoms with Crippen LogP contribution in [0.25, 0.3) is 0 Å². The average Bonchev–Trinajstić information content (AvgIpc) is 2.57. The lowest BCUT2D eigenvalue weighted by atomic mass is 10.0. The molecule has 1 atom stereocenters. The van der Waals surface area contributed by atoms with E-state index in [4.69, 9.17) is 4.74 Å². The Kier molecular flexibility index (Phi) is 5.66. The Morgan fingerprint density at radius 1 is 1.16 bits per heavy atom. The Hall–Kier alpha value is -1.98. The molecular weight excluding hydrogens is 312 g/mol. The Balaban J connectivity index is 1.68. The highest BCUT2D eigenvalue weighted by molar-refractivity contribution is 5.30. The molecule has 1 aromatic carbocycles. The summed E-state index contributed by atoms with van der Waals surface area (Å²) in [5.41, 5.74) is 2.43. The third-order valence-corrected chi connectivity index (χ3v) is 4.59. The monoisotopic (exact) mass is 340 g/mol. The van der Waals surface area contributed by atoms with Crippen molar-refractivity contribution in [3.63, 3.8) is 0 Å². The minimum Gasteiger partial charge on any atom is -0.491 e. The SMILES string of the molecule is Cc1nccc(CN2CCN(C)C(c3ccc(OC(C)C)cc3)C2)n1.